The van der Waals surface area contributed by atoms with Crippen molar-refractivity contribution >= 4 is 29.9 Å². The minimum atomic E-state index is 0. The number of hydrogen-bond donors (Lipinski definition) is 1. The molecular formula is C23H39IN4O3. The van der Waals surface area contributed by atoms with Gasteiger partial charge in [0.1, 0.15) is 12.4 Å². The van der Waals surface area contributed by atoms with Crippen molar-refractivity contribution in [1.29, 1.82) is 0 Å². The lowest BCUT2D eigenvalue weighted by Crippen LogP contribution is -2.47. The van der Waals surface area contributed by atoms with Gasteiger partial charge in [-0.05, 0) is 44.4 Å². The third-order valence-corrected chi connectivity index (χ3v) is 5.57. The van der Waals surface area contributed by atoms with Gasteiger partial charge in [-0.25, -0.2) is 4.99 Å². The Balaban J connectivity index is 0.00000341. The summed E-state index contributed by atoms with van der Waals surface area (Å²) in [5.41, 5.74) is 1.17. The first kappa shape index (κ1) is 26.2. The van der Waals surface area contributed by atoms with Gasteiger partial charge < -0.3 is 24.4 Å². The lowest BCUT2D eigenvalue weighted by atomic mass is 10.1. The molecule has 0 aromatic heterocycles. The molecular weight excluding hydrogens is 507 g/mol. The van der Waals surface area contributed by atoms with Crippen molar-refractivity contribution in [2.75, 3.05) is 65.7 Å². The van der Waals surface area contributed by atoms with E-state index in [2.05, 4.69) is 47.2 Å². The molecule has 1 aromatic carbocycles. The van der Waals surface area contributed by atoms with Gasteiger partial charge in [0.05, 0.1) is 25.9 Å². The number of benzene rings is 1. The molecule has 0 spiro atoms. The molecule has 0 saturated carbocycles. The van der Waals surface area contributed by atoms with Gasteiger partial charge >= 0.3 is 0 Å². The van der Waals surface area contributed by atoms with Crippen LogP contribution < -0.4 is 10.1 Å². The van der Waals surface area contributed by atoms with Crippen LogP contribution in [0.15, 0.2) is 29.3 Å². The maximum absolute atomic E-state index is 5.98. The number of piperidine rings is 1. The first-order chi connectivity index (χ1) is 14.8. The van der Waals surface area contributed by atoms with E-state index in [1.807, 2.05) is 6.07 Å². The molecule has 2 heterocycles. The lowest BCUT2D eigenvalue weighted by molar-refractivity contribution is 0.0263. The second-order valence-electron chi connectivity index (χ2n) is 7.76. The predicted octanol–water partition coefficient (Wildman–Crippen LogP) is 2.98. The molecule has 7 nitrogen and oxygen atoms in total. The van der Waals surface area contributed by atoms with E-state index in [1.165, 1.54) is 5.56 Å². The first-order valence-electron chi connectivity index (χ1n) is 11.4. The van der Waals surface area contributed by atoms with Gasteiger partial charge in [0.2, 0.25) is 0 Å². The fraction of sp³-hybridized carbons (Fsp3) is 0.696. The molecule has 0 atom stereocenters. The van der Waals surface area contributed by atoms with Crippen LogP contribution in [0, 0.1) is 0 Å². The molecule has 31 heavy (non-hydrogen) atoms. The highest BCUT2D eigenvalue weighted by molar-refractivity contribution is 14.0. The molecule has 1 aromatic rings. The Morgan fingerprint density at radius 2 is 1.94 bits per heavy atom. The Morgan fingerprint density at radius 1 is 1.16 bits per heavy atom. The fourth-order valence-corrected chi connectivity index (χ4v) is 3.91. The Bertz CT molecular complexity index is 647. The molecule has 1 N–H and O–H groups in total. The van der Waals surface area contributed by atoms with E-state index in [9.17, 15) is 0 Å². The lowest BCUT2D eigenvalue weighted by Gasteiger charge is -2.34. The average Bonchev–Trinajstić information content (AvgIpc) is 2.78. The Morgan fingerprint density at radius 3 is 2.65 bits per heavy atom. The second kappa shape index (κ2) is 14.9. The van der Waals surface area contributed by atoms with Gasteiger partial charge in [0, 0.05) is 45.9 Å². The molecule has 2 saturated heterocycles. The minimum absolute atomic E-state index is 0. The van der Waals surface area contributed by atoms with E-state index in [-0.39, 0.29) is 24.0 Å². The highest BCUT2D eigenvalue weighted by Crippen LogP contribution is 2.16. The number of ether oxygens (including phenoxy) is 3. The van der Waals surface area contributed by atoms with Crippen LogP contribution in [0.2, 0.25) is 0 Å². The number of halogens is 1. The maximum atomic E-state index is 5.98. The molecule has 2 aliphatic heterocycles. The van der Waals surface area contributed by atoms with Crippen LogP contribution in [0.4, 0.5) is 0 Å². The van der Waals surface area contributed by atoms with Crippen LogP contribution in [0.1, 0.15) is 32.3 Å². The zero-order chi connectivity index (χ0) is 21.0. The Hall–Kier alpha value is -1.10. The smallest absolute Gasteiger partial charge is 0.194 e. The van der Waals surface area contributed by atoms with E-state index in [0.29, 0.717) is 19.3 Å². The first-order valence-corrected chi connectivity index (χ1v) is 11.4. The SMILES string of the molecule is CCNC(=NCc1cccc(OCCN2CCOCC2)c1)N1CCC(OCC)CC1.I. The third-order valence-electron chi connectivity index (χ3n) is 5.57. The fourth-order valence-electron chi connectivity index (χ4n) is 3.91. The number of hydrogen-bond acceptors (Lipinski definition) is 5. The summed E-state index contributed by atoms with van der Waals surface area (Å²) in [5.74, 6) is 1.91. The van der Waals surface area contributed by atoms with Crippen molar-refractivity contribution < 1.29 is 14.2 Å². The van der Waals surface area contributed by atoms with Crippen molar-refractivity contribution in [3.63, 3.8) is 0 Å². The van der Waals surface area contributed by atoms with Crippen molar-refractivity contribution in [3.05, 3.63) is 29.8 Å². The summed E-state index contributed by atoms with van der Waals surface area (Å²) in [7, 11) is 0. The monoisotopic (exact) mass is 546 g/mol. The average molecular weight is 546 g/mol. The molecule has 0 amide bonds. The van der Waals surface area contributed by atoms with Gasteiger partial charge in [-0.15, -0.1) is 24.0 Å². The van der Waals surface area contributed by atoms with Gasteiger partial charge in [-0.1, -0.05) is 12.1 Å². The zero-order valence-electron chi connectivity index (χ0n) is 19.1. The number of nitrogens with zero attached hydrogens (tertiary/aromatic N) is 3. The predicted molar refractivity (Wildman–Crippen MR) is 136 cm³/mol. The van der Waals surface area contributed by atoms with Crippen molar-refractivity contribution in [1.82, 2.24) is 15.1 Å². The number of guanidine groups is 1. The number of rotatable bonds is 9. The summed E-state index contributed by atoms with van der Waals surface area (Å²) in [6.45, 7) is 13.7. The van der Waals surface area contributed by atoms with Crippen molar-refractivity contribution in [2.24, 2.45) is 4.99 Å². The van der Waals surface area contributed by atoms with E-state index in [4.69, 9.17) is 19.2 Å². The molecule has 176 valence electrons. The van der Waals surface area contributed by atoms with Crippen LogP contribution in [0.25, 0.3) is 0 Å². The van der Waals surface area contributed by atoms with Gasteiger partial charge in [0.25, 0.3) is 0 Å². The van der Waals surface area contributed by atoms with E-state index >= 15 is 0 Å². The summed E-state index contributed by atoms with van der Waals surface area (Å²) < 4.78 is 17.2. The number of morpholine rings is 1. The standard InChI is InChI=1S/C23H38N4O3.HI/c1-3-24-23(27-10-8-21(9-11-27)29-4-2)25-19-20-6-5-7-22(18-20)30-17-14-26-12-15-28-16-13-26;/h5-7,18,21H,3-4,8-17,19H2,1-2H3,(H,24,25);1H. The molecule has 8 heteroatoms. The van der Waals surface area contributed by atoms with Crippen LogP contribution >= 0.6 is 24.0 Å². The largest absolute Gasteiger partial charge is 0.492 e. The number of nitrogens with one attached hydrogen (secondary N) is 1. The van der Waals surface area contributed by atoms with Gasteiger partial charge in [-0.2, -0.15) is 0 Å². The highest BCUT2D eigenvalue weighted by Gasteiger charge is 2.21. The molecule has 2 fully saturated rings. The summed E-state index contributed by atoms with van der Waals surface area (Å²) >= 11 is 0. The molecule has 0 unspecified atom stereocenters. The van der Waals surface area contributed by atoms with Crippen LogP contribution in [-0.2, 0) is 16.0 Å². The zero-order valence-corrected chi connectivity index (χ0v) is 21.4. The van der Waals surface area contributed by atoms with Crippen LogP contribution in [0.5, 0.6) is 5.75 Å². The van der Waals surface area contributed by atoms with Crippen LogP contribution in [0.3, 0.4) is 0 Å². The van der Waals surface area contributed by atoms with E-state index < -0.39 is 0 Å². The van der Waals surface area contributed by atoms with Crippen LogP contribution in [-0.4, -0.2) is 87.6 Å². The molecule has 3 rings (SSSR count). The normalized spacial score (nSPS) is 18.5. The summed E-state index contributed by atoms with van der Waals surface area (Å²) in [6, 6.07) is 8.29. The molecule has 0 aliphatic carbocycles. The van der Waals surface area contributed by atoms with Crippen molar-refractivity contribution in [3.8, 4) is 5.75 Å². The topological polar surface area (TPSA) is 58.6 Å². The number of aliphatic imine (C=N–C) groups is 1. The molecule has 2 aliphatic rings. The summed E-state index contributed by atoms with van der Waals surface area (Å²) in [6.07, 6.45) is 2.51. The Labute approximate surface area is 204 Å². The Kier molecular flexibility index (Phi) is 12.5. The minimum Gasteiger partial charge on any atom is -0.492 e. The summed E-state index contributed by atoms with van der Waals surface area (Å²) in [5, 5.41) is 3.44. The summed E-state index contributed by atoms with van der Waals surface area (Å²) in [4.78, 5) is 9.62. The highest BCUT2D eigenvalue weighted by atomic mass is 127. The maximum Gasteiger partial charge on any atom is 0.194 e. The van der Waals surface area contributed by atoms with Crippen molar-refractivity contribution in [2.45, 2.75) is 39.3 Å². The quantitative estimate of drug-likeness (QED) is 0.292. The third kappa shape index (κ3) is 9.11. The molecule has 0 radical (unpaired) electrons. The number of likely N-dealkylation sites (tertiary alicyclic amines) is 1. The molecule has 0 bridgehead atoms. The van der Waals surface area contributed by atoms with E-state index in [1.54, 1.807) is 0 Å². The van der Waals surface area contributed by atoms with Gasteiger partial charge in [0.15, 0.2) is 5.96 Å². The second-order valence-corrected chi connectivity index (χ2v) is 7.76. The van der Waals surface area contributed by atoms with E-state index in [0.717, 1.165) is 83.6 Å². The van der Waals surface area contributed by atoms with Gasteiger partial charge in [-0.3, -0.25) is 4.90 Å².